The van der Waals surface area contributed by atoms with Crippen LogP contribution in [0, 0.1) is 0 Å². The number of rotatable bonds is 5. The molecule has 0 bridgehead atoms. The summed E-state index contributed by atoms with van der Waals surface area (Å²) >= 11 is 3.38. The summed E-state index contributed by atoms with van der Waals surface area (Å²) in [5, 5.41) is 5.17. The fourth-order valence-electron chi connectivity index (χ4n) is 1.42. The molecule has 0 saturated heterocycles. The maximum Gasteiger partial charge on any atom is 0.243 e. The van der Waals surface area contributed by atoms with Gasteiger partial charge in [0, 0.05) is 10.2 Å². The van der Waals surface area contributed by atoms with Gasteiger partial charge in [-0.25, -0.2) is 0 Å². The fraction of sp³-hybridized carbons (Fsp3) is 0.333. The minimum atomic E-state index is -0.350. The average Bonchev–Trinajstić information content (AvgIpc) is 2.37. The number of anilines is 1. The highest BCUT2D eigenvalue weighted by Crippen LogP contribution is 2.21. The molecule has 0 aliphatic heterocycles. The first-order valence-corrected chi connectivity index (χ1v) is 6.41. The van der Waals surface area contributed by atoms with Crippen LogP contribution in [0.3, 0.4) is 0 Å². The summed E-state index contributed by atoms with van der Waals surface area (Å²) in [4.78, 5) is 22.5. The maximum absolute atomic E-state index is 11.6. The molecule has 1 rings (SSSR count). The number of aryl methyl sites for hydroxylation is 1. The minimum absolute atomic E-state index is 0.0742. The van der Waals surface area contributed by atoms with Crippen LogP contribution in [0.25, 0.3) is 0 Å². The fourth-order valence-corrected chi connectivity index (χ4v) is 1.83. The summed E-state index contributed by atoms with van der Waals surface area (Å²) in [6, 6.07) is 5.63. The minimum Gasteiger partial charge on any atom is -0.346 e. The number of nitrogens with two attached hydrogens (primary N) is 1. The number of halogens is 1. The lowest BCUT2D eigenvalue weighted by atomic mass is 10.1. The highest BCUT2D eigenvalue weighted by atomic mass is 79.9. The van der Waals surface area contributed by atoms with Crippen LogP contribution in [0.5, 0.6) is 0 Å². The van der Waals surface area contributed by atoms with Crippen LogP contribution >= 0.6 is 15.9 Å². The molecule has 0 aromatic heterocycles. The van der Waals surface area contributed by atoms with Crippen molar-refractivity contribution in [2.24, 2.45) is 5.73 Å². The summed E-state index contributed by atoms with van der Waals surface area (Å²) in [5.41, 5.74) is 6.91. The van der Waals surface area contributed by atoms with Gasteiger partial charge in [-0.1, -0.05) is 22.9 Å². The molecule has 0 aliphatic rings. The van der Waals surface area contributed by atoms with Crippen LogP contribution in [0.4, 0.5) is 5.69 Å². The summed E-state index contributed by atoms with van der Waals surface area (Å²) in [5.74, 6) is -0.620. The topological polar surface area (TPSA) is 84.2 Å². The van der Waals surface area contributed by atoms with Gasteiger partial charge in [0.15, 0.2) is 0 Å². The molecule has 0 atom stereocenters. The van der Waals surface area contributed by atoms with Gasteiger partial charge in [-0.2, -0.15) is 0 Å². The van der Waals surface area contributed by atoms with Crippen molar-refractivity contribution in [3.8, 4) is 0 Å². The summed E-state index contributed by atoms with van der Waals surface area (Å²) in [6.07, 6.45) is 0.810. The maximum atomic E-state index is 11.6. The molecule has 0 unspecified atom stereocenters. The van der Waals surface area contributed by atoms with Crippen LogP contribution in [0.15, 0.2) is 22.7 Å². The number of amides is 2. The number of benzene rings is 1. The second kappa shape index (κ2) is 7.13. The molecule has 0 spiro atoms. The van der Waals surface area contributed by atoms with Crippen LogP contribution in [0.2, 0.25) is 0 Å². The van der Waals surface area contributed by atoms with E-state index in [-0.39, 0.29) is 24.9 Å². The van der Waals surface area contributed by atoms with Gasteiger partial charge in [0.05, 0.1) is 13.1 Å². The van der Waals surface area contributed by atoms with E-state index < -0.39 is 0 Å². The van der Waals surface area contributed by atoms with Gasteiger partial charge in [0.2, 0.25) is 11.8 Å². The third-order valence-corrected chi connectivity index (χ3v) is 2.85. The normalized spacial score (nSPS) is 9.94. The predicted octanol–water partition coefficient (Wildman–Crippen LogP) is 1.02. The molecule has 2 amide bonds. The SMILES string of the molecule is CCc1cc(Br)ccc1NC(=O)CNC(=O)CN. The van der Waals surface area contributed by atoms with Crippen LogP contribution in [-0.2, 0) is 16.0 Å². The number of hydrogen-bond acceptors (Lipinski definition) is 3. The van der Waals surface area contributed by atoms with E-state index in [0.29, 0.717) is 0 Å². The third kappa shape index (κ3) is 4.46. The Morgan fingerprint density at radius 1 is 1.33 bits per heavy atom. The average molecular weight is 314 g/mol. The lowest BCUT2D eigenvalue weighted by molar-refractivity contribution is -0.123. The summed E-state index contributed by atoms with van der Waals surface area (Å²) < 4.78 is 0.966. The largest absolute Gasteiger partial charge is 0.346 e. The molecule has 0 fully saturated rings. The molecule has 0 saturated carbocycles. The van der Waals surface area contributed by atoms with E-state index >= 15 is 0 Å². The Hall–Kier alpha value is -1.40. The lowest BCUT2D eigenvalue weighted by Crippen LogP contribution is -2.36. The molecule has 5 nitrogen and oxygen atoms in total. The van der Waals surface area contributed by atoms with Crippen molar-refractivity contribution in [1.29, 1.82) is 0 Å². The van der Waals surface area contributed by atoms with Crippen LogP contribution < -0.4 is 16.4 Å². The predicted molar refractivity (Wildman–Crippen MR) is 74.2 cm³/mol. The molecule has 4 N–H and O–H groups in total. The van der Waals surface area contributed by atoms with Crippen molar-refractivity contribution < 1.29 is 9.59 Å². The molecule has 18 heavy (non-hydrogen) atoms. The van der Waals surface area contributed by atoms with Gasteiger partial charge >= 0.3 is 0 Å². The second-order valence-corrected chi connectivity index (χ2v) is 4.60. The van der Waals surface area contributed by atoms with Crippen molar-refractivity contribution in [1.82, 2.24) is 5.32 Å². The van der Waals surface area contributed by atoms with E-state index in [0.717, 1.165) is 22.1 Å². The zero-order valence-corrected chi connectivity index (χ0v) is 11.7. The third-order valence-electron chi connectivity index (χ3n) is 2.35. The summed E-state index contributed by atoms with van der Waals surface area (Å²) in [7, 11) is 0. The highest BCUT2D eigenvalue weighted by molar-refractivity contribution is 9.10. The Bertz CT molecular complexity index is 449. The zero-order valence-electron chi connectivity index (χ0n) is 10.1. The quantitative estimate of drug-likeness (QED) is 0.759. The second-order valence-electron chi connectivity index (χ2n) is 3.68. The van der Waals surface area contributed by atoms with Gasteiger partial charge in [0.25, 0.3) is 0 Å². The number of nitrogens with one attached hydrogen (secondary N) is 2. The van der Waals surface area contributed by atoms with Crippen molar-refractivity contribution in [3.63, 3.8) is 0 Å². The molecule has 6 heteroatoms. The van der Waals surface area contributed by atoms with Crippen molar-refractivity contribution in [2.75, 3.05) is 18.4 Å². The van der Waals surface area contributed by atoms with Crippen LogP contribution in [-0.4, -0.2) is 24.9 Å². The smallest absolute Gasteiger partial charge is 0.243 e. The Morgan fingerprint density at radius 2 is 2.06 bits per heavy atom. The molecular formula is C12H16BrN3O2. The van der Waals surface area contributed by atoms with Crippen molar-refractivity contribution >= 4 is 33.4 Å². The number of hydrogen-bond donors (Lipinski definition) is 3. The van der Waals surface area contributed by atoms with E-state index in [1.165, 1.54) is 0 Å². The Balaban J connectivity index is 2.61. The van der Waals surface area contributed by atoms with Gasteiger partial charge < -0.3 is 16.4 Å². The van der Waals surface area contributed by atoms with Crippen LogP contribution in [0.1, 0.15) is 12.5 Å². The first-order chi connectivity index (χ1) is 8.56. The zero-order chi connectivity index (χ0) is 13.5. The number of carbonyl (C=O) groups is 2. The Morgan fingerprint density at radius 3 is 2.67 bits per heavy atom. The first-order valence-electron chi connectivity index (χ1n) is 5.61. The molecule has 98 valence electrons. The molecule has 1 aromatic rings. The standard InChI is InChI=1S/C12H16BrN3O2/c1-2-8-5-9(13)3-4-10(8)16-12(18)7-15-11(17)6-14/h3-5H,2,6-7,14H2,1H3,(H,15,17)(H,16,18). The number of carbonyl (C=O) groups excluding carboxylic acids is 2. The Kier molecular flexibility index (Phi) is 5.80. The van der Waals surface area contributed by atoms with Gasteiger partial charge in [0.1, 0.15) is 0 Å². The van der Waals surface area contributed by atoms with Gasteiger partial charge in [-0.05, 0) is 30.2 Å². The van der Waals surface area contributed by atoms with Crippen molar-refractivity contribution in [3.05, 3.63) is 28.2 Å². The Labute approximate surface area is 114 Å². The molecular weight excluding hydrogens is 298 g/mol. The van der Waals surface area contributed by atoms with E-state index in [1.807, 2.05) is 25.1 Å². The van der Waals surface area contributed by atoms with E-state index in [1.54, 1.807) is 0 Å². The summed E-state index contributed by atoms with van der Waals surface area (Å²) in [6.45, 7) is 1.81. The first kappa shape index (κ1) is 14.7. The molecule has 0 aliphatic carbocycles. The molecule has 0 heterocycles. The lowest BCUT2D eigenvalue weighted by Gasteiger charge is -2.10. The van der Waals surface area contributed by atoms with Gasteiger partial charge in [-0.15, -0.1) is 0 Å². The molecule has 0 radical (unpaired) electrons. The molecule has 1 aromatic carbocycles. The van der Waals surface area contributed by atoms with E-state index in [9.17, 15) is 9.59 Å². The van der Waals surface area contributed by atoms with E-state index in [4.69, 9.17) is 5.73 Å². The highest BCUT2D eigenvalue weighted by Gasteiger charge is 2.07. The monoisotopic (exact) mass is 313 g/mol. The van der Waals surface area contributed by atoms with Gasteiger partial charge in [-0.3, -0.25) is 9.59 Å². The van der Waals surface area contributed by atoms with Crippen molar-refractivity contribution in [2.45, 2.75) is 13.3 Å². The van der Waals surface area contributed by atoms with E-state index in [2.05, 4.69) is 26.6 Å².